The molecule has 0 nitrogen and oxygen atoms in total. The van der Waals surface area contributed by atoms with Crippen LogP contribution in [0.25, 0.3) is 0 Å². The van der Waals surface area contributed by atoms with Crippen molar-refractivity contribution in [3.63, 3.8) is 0 Å². The van der Waals surface area contributed by atoms with Gasteiger partial charge in [-0.1, -0.05) is 17.5 Å². The Labute approximate surface area is 78.3 Å². The quantitative estimate of drug-likeness (QED) is 0.568. The molecule has 0 bridgehead atoms. The lowest BCUT2D eigenvalue weighted by Crippen LogP contribution is -2.04. The molecule has 67 valence electrons. The third-order valence-electron chi connectivity index (χ3n) is 1.37. The Balaban J connectivity index is 3.26. The van der Waals surface area contributed by atoms with Crippen LogP contribution in [-0.2, 0) is 6.18 Å². The lowest BCUT2D eigenvalue weighted by molar-refractivity contribution is -0.137. The SMILES string of the molecule is [C]#Cc1cc(Cl)cc(C(F)(F)F)c1. The Hall–Kier alpha value is -1.14. The predicted molar refractivity (Wildman–Crippen MR) is 42.7 cm³/mol. The smallest absolute Gasteiger partial charge is 0.166 e. The number of halogens is 4. The van der Waals surface area contributed by atoms with Gasteiger partial charge in [-0.2, -0.15) is 13.2 Å². The fourth-order valence-corrected chi connectivity index (χ4v) is 1.06. The summed E-state index contributed by atoms with van der Waals surface area (Å²) in [7, 11) is 0. The molecule has 1 radical (unpaired) electrons. The van der Waals surface area contributed by atoms with Crippen LogP contribution in [0.4, 0.5) is 13.2 Å². The van der Waals surface area contributed by atoms with E-state index in [0.29, 0.717) is 0 Å². The van der Waals surface area contributed by atoms with Crippen LogP contribution >= 0.6 is 11.6 Å². The van der Waals surface area contributed by atoms with Crippen LogP contribution in [0.2, 0.25) is 5.02 Å². The van der Waals surface area contributed by atoms with Crippen molar-refractivity contribution < 1.29 is 13.2 Å². The van der Waals surface area contributed by atoms with Gasteiger partial charge in [0.1, 0.15) is 0 Å². The Morgan fingerprint density at radius 1 is 1.23 bits per heavy atom. The first-order chi connectivity index (χ1) is 5.93. The monoisotopic (exact) mass is 203 g/mol. The molecule has 1 aromatic rings. The van der Waals surface area contributed by atoms with Gasteiger partial charge in [-0.25, -0.2) is 0 Å². The zero-order valence-corrected chi connectivity index (χ0v) is 7.00. The van der Waals surface area contributed by atoms with E-state index < -0.39 is 11.7 Å². The van der Waals surface area contributed by atoms with Gasteiger partial charge in [0, 0.05) is 10.6 Å². The van der Waals surface area contributed by atoms with Gasteiger partial charge in [-0.15, -0.1) is 0 Å². The first kappa shape index (κ1) is 9.94. The van der Waals surface area contributed by atoms with Crippen molar-refractivity contribution in [2.75, 3.05) is 0 Å². The minimum absolute atomic E-state index is 0.0137. The fraction of sp³-hybridized carbons (Fsp3) is 0.111. The van der Waals surface area contributed by atoms with Gasteiger partial charge in [-0.05, 0) is 24.6 Å². The standard InChI is InChI=1S/C9H3ClF3/c1-2-6-3-7(9(11,12)13)5-8(10)4-6/h3-5H. The van der Waals surface area contributed by atoms with E-state index in [1.807, 2.05) is 5.92 Å². The summed E-state index contributed by atoms with van der Waals surface area (Å²) in [5.41, 5.74) is -0.852. The van der Waals surface area contributed by atoms with E-state index in [1.165, 1.54) is 6.07 Å². The summed E-state index contributed by atoms with van der Waals surface area (Å²) in [6, 6.07) is 2.87. The molecular weight excluding hydrogens is 201 g/mol. The van der Waals surface area contributed by atoms with Crippen molar-refractivity contribution in [1.29, 1.82) is 0 Å². The van der Waals surface area contributed by atoms with Crippen LogP contribution in [-0.4, -0.2) is 0 Å². The van der Waals surface area contributed by atoms with Crippen molar-refractivity contribution >= 4 is 11.6 Å². The summed E-state index contributed by atoms with van der Waals surface area (Å²) in [6.07, 6.45) is 2.23. The van der Waals surface area contributed by atoms with Crippen molar-refractivity contribution in [2.45, 2.75) is 6.18 Å². The van der Waals surface area contributed by atoms with E-state index in [0.717, 1.165) is 12.1 Å². The van der Waals surface area contributed by atoms with E-state index in [1.54, 1.807) is 0 Å². The number of alkyl halides is 3. The van der Waals surface area contributed by atoms with E-state index in [9.17, 15) is 13.2 Å². The van der Waals surface area contributed by atoms with Gasteiger partial charge in [0.15, 0.2) is 0 Å². The minimum atomic E-state index is -4.43. The minimum Gasteiger partial charge on any atom is -0.166 e. The molecule has 0 spiro atoms. The van der Waals surface area contributed by atoms with Gasteiger partial charge in [0.05, 0.1) is 5.56 Å². The maximum absolute atomic E-state index is 12.1. The summed E-state index contributed by atoms with van der Waals surface area (Å²) >= 11 is 5.41. The first-order valence-corrected chi connectivity index (χ1v) is 3.62. The highest BCUT2D eigenvalue weighted by Gasteiger charge is 2.30. The second-order valence-corrected chi connectivity index (χ2v) is 2.79. The molecule has 0 saturated heterocycles. The summed E-state index contributed by atoms with van der Waals surface area (Å²) < 4.78 is 36.4. The van der Waals surface area contributed by atoms with Gasteiger partial charge in [0.2, 0.25) is 0 Å². The molecule has 1 rings (SSSR count). The Kier molecular flexibility index (Phi) is 2.53. The van der Waals surface area contributed by atoms with Gasteiger partial charge >= 0.3 is 6.18 Å². The summed E-state index contributed by atoms with van der Waals surface area (Å²) in [6.45, 7) is 0. The van der Waals surface area contributed by atoms with Crippen molar-refractivity contribution in [3.8, 4) is 5.92 Å². The molecule has 0 aromatic heterocycles. The molecule has 0 aliphatic carbocycles. The van der Waals surface area contributed by atoms with Crippen molar-refractivity contribution in [3.05, 3.63) is 40.8 Å². The van der Waals surface area contributed by atoms with Crippen LogP contribution in [0.15, 0.2) is 18.2 Å². The lowest BCUT2D eigenvalue weighted by Gasteiger charge is -2.06. The zero-order chi connectivity index (χ0) is 10.1. The highest BCUT2D eigenvalue weighted by molar-refractivity contribution is 6.30. The van der Waals surface area contributed by atoms with Crippen LogP contribution in [0.5, 0.6) is 0 Å². The first-order valence-electron chi connectivity index (χ1n) is 3.24. The van der Waals surface area contributed by atoms with Crippen LogP contribution in [0.1, 0.15) is 11.1 Å². The average Bonchev–Trinajstić information content (AvgIpc) is 2.01. The van der Waals surface area contributed by atoms with Gasteiger partial charge < -0.3 is 0 Å². The molecule has 0 N–H and O–H groups in total. The van der Waals surface area contributed by atoms with Gasteiger partial charge in [-0.3, -0.25) is 0 Å². The average molecular weight is 204 g/mol. The summed E-state index contributed by atoms with van der Waals surface area (Å²) in [4.78, 5) is 0. The van der Waals surface area contributed by atoms with E-state index >= 15 is 0 Å². The molecule has 0 unspecified atom stereocenters. The number of benzene rings is 1. The van der Waals surface area contributed by atoms with Crippen molar-refractivity contribution in [2.24, 2.45) is 0 Å². The number of rotatable bonds is 0. The molecule has 4 heteroatoms. The topological polar surface area (TPSA) is 0 Å². The molecule has 0 atom stereocenters. The van der Waals surface area contributed by atoms with Crippen LogP contribution < -0.4 is 0 Å². The molecule has 0 fully saturated rings. The molecule has 0 aliphatic rings. The molecule has 0 heterocycles. The lowest BCUT2D eigenvalue weighted by atomic mass is 10.1. The number of hydrogen-bond donors (Lipinski definition) is 0. The van der Waals surface area contributed by atoms with Gasteiger partial charge in [0.25, 0.3) is 0 Å². The third kappa shape index (κ3) is 2.40. The largest absolute Gasteiger partial charge is 0.416 e. The Bertz CT molecular complexity index is 360. The fourth-order valence-electron chi connectivity index (χ4n) is 0.825. The molecule has 1 aromatic carbocycles. The van der Waals surface area contributed by atoms with E-state index in [-0.39, 0.29) is 10.6 Å². The van der Waals surface area contributed by atoms with E-state index in [2.05, 4.69) is 0 Å². The molecular formula is C9H3ClF3. The molecule has 13 heavy (non-hydrogen) atoms. The zero-order valence-electron chi connectivity index (χ0n) is 6.24. The summed E-state index contributed by atoms with van der Waals surface area (Å²) in [5.74, 6) is 1.85. The maximum atomic E-state index is 12.1. The predicted octanol–water partition coefficient (Wildman–Crippen LogP) is 3.30. The highest BCUT2D eigenvalue weighted by Crippen LogP contribution is 2.31. The second-order valence-electron chi connectivity index (χ2n) is 2.35. The molecule has 0 amide bonds. The highest BCUT2D eigenvalue weighted by atomic mass is 35.5. The molecule has 0 saturated carbocycles. The van der Waals surface area contributed by atoms with Crippen molar-refractivity contribution in [1.82, 2.24) is 0 Å². The maximum Gasteiger partial charge on any atom is 0.416 e. The third-order valence-corrected chi connectivity index (χ3v) is 1.59. The Morgan fingerprint density at radius 3 is 2.31 bits per heavy atom. The van der Waals surface area contributed by atoms with E-state index in [4.69, 9.17) is 18.0 Å². The normalized spacial score (nSPS) is 11.0. The summed E-state index contributed by atoms with van der Waals surface area (Å²) in [5, 5.41) is -0.0513. The number of hydrogen-bond acceptors (Lipinski definition) is 0. The Morgan fingerprint density at radius 2 is 1.85 bits per heavy atom. The molecule has 0 aliphatic heterocycles. The second kappa shape index (κ2) is 3.31. The van der Waals surface area contributed by atoms with Crippen LogP contribution in [0.3, 0.4) is 0 Å². The van der Waals surface area contributed by atoms with Crippen LogP contribution in [0, 0.1) is 12.3 Å².